The Morgan fingerprint density at radius 2 is 1.89 bits per heavy atom. The molecule has 0 spiro atoms. The predicted molar refractivity (Wildman–Crippen MR) is 108 cm³/mol. The highest BCUT2D eigenvalue weighted by Gasteiger charge is 2.31. The van der Waals surface area contributed by atoms with E-state index in [4.69, 9.17) is 4.74 Å². The maximum Gasteiger partial charge on any atom is 0.230 e. The zero-order chi connectivity index (χ0) is 18.6. The second-order valence-electron chi connectivity index (χ2n) is 7.62. The molecule has 2 aliphatic heterocycles. The highest BCUT2D eigenvalue weighted by Crippen LogP contribution is 2.30. The summed E-state index contributed by atoms with van der Waals surface area (Å²) in [5.41, 5.74) is 3.71. The second-order valence-corrected chi connectivity index (χ2v) is 7.62. The van der Waals surface area contributed by atoms with Crippen LogP contribution in [0.3, 0.4) is 0 Å². The molecule has 0 unspecified atom stereocenters. The second kappa shape index (κ2) is 8.13. The highest BCUT2D eigenvalue weighted by atomic mass is 16.5. The molecule has 1 saturated heterocycles. The molecule has 2 aromatic rings. The molecule has 4 nitrogen and oxygen atoms in total. The number of nitrogens with zero attached hydrogens (tertiary/aromatic N) is 2. The number of carbonyl (C=O) groups is 1. The van der Waals surface area contributed by atoms with Crippen molar-refractivity contribution in [3.8, 4) is 5.75 Å². The van der Waals surface area contributed by atoms with E-state index in [-0.39, 0.29) is 5.92 Å². The number of hydrogen-bond acceptors (Lipinski definition) is 3. The largest absolute Gasteiger partial charge is 0.497 e. The Hall–Kier alpha value is -2.33. The number of anilines is 1. The molecule has 2 aliphatic rings. The van der Waals surface area contributed by atoms with Gasteiger partial charge in [-0.25, -0.2) is 0 Å². The lowest BCUT2D eigenvalue weighted by molar-refractivity contribution is -0.123. The molecule has 4 heteroatoms. The summed E-state index contributed by atoms with van der Waals surface area (Å²) in [6.07, 6.45) is 4.04. The number of benzene rings is 2. The van der Waals surface area contributed by atoms with Crippen molar-refractivity contribution in [2.45, 2.75) is 32.2 Å². The van der Waals surface area contributed by atoms with Gasteiger partial charge in [-0.15, -0.1) is 0 Å². The van der Waals surface area contributed by atoms with Gasteiger partial charge in [-0.3, -0.25) is 9.69 Å². The number of rotatable bonds is 4. The Balaban J connectivity index is 1.36. The number of hydrogen-bond donors (Lipinski definition) is 0. The minimum Gasteiger partial charge on any atom is -0.497 e. The highest BCUT2D eigenvalue weighted by molar-refractivity contribution is 5.96. The van der Waals surface area contributed by atoms with E-state index in [1.54, 1.807) is 7.11 Å². The molecule has 142 valence electrons. The van der Waals surface area contributed by atoms with E-state index in [0.717, 1.165) is 63.3 Å². The molecule has 4 rings (SSSR count). The third kappa shape index (κ3) is 4.01. The van der Waals surface area contributed by atoms with Crippen molar-refractivity contribution in [3.63, 3.8) is 0 Å². The first-order valence-electron chi connectivity index (χ1n) is 9.99. The number of amides is 1. The maximum atomic E-state index is 13.2. The molecule has 1 amide bonds. The van der Waals surface area contributed by atoms with Crippen molar-refractivity contribution >= 4 is 11.6 Å². The lowest BCUT2D eigenvalue weighted by Crippen LogP contribution is -2.44. The SMILES string of the molecule is COc1cccc(CN2CCC(C(=O)N3CCCc4ccccc43)CC2)c1. The van der Waals surface area contributed by atoms with Crippen molar-refractivity contribution in [2.75, 3.05) is 31.6 Å². The first-order valence-corrected chi connectivity index (χ1v) is 9.99. The Labute approximate surface area is 161 Å². The average Bonchev–Trinajstić information content (AvgIpc) is 2.73. The first kappa shape index (κ1) is 18.1. The van der Waals surface area contributed by atoms with Gasteiger partial charge in [0.25, 0.3) is 0 Å². The summed E-state index contributed by atoms with van der Waals surface area (Å²) in [5.74, 6) is 1.38. The van der Waals surface area contributed by atoms with Gasteiger partial charge in [0.1, 0.15) is 5.75 Å². The van der Waals surface area contributed by atoms with Gasteiger partial charge in [-0.05, 0) is 68.1 Å². The molecule has 0 radical (unpaired) electrons. The zero-order valence-corrected chi connectivity index (χ0v) is 16.1. The number of piperidine rings is 1. The minimum absolute atomic E-state index is 0.151. The smallest absolute Gasteiger partial charge is 0.230 e. The van der Waals surface area contributed by atoms with Crippen molar-refractivity contribution in [2.24, 2.45) is 5.92 Å². The van der Waals surface area contributed by atoms with Crippen LogP contribution < -0.4 is 9.64 Å². The molecule has 0 aromatic heterocycles. The lowest BCUT2D eigenvalue weighted by atomic mass is 9.93. The Morgan fingerprint density at radius 3 is 2.70 bits per heavy atom. The summed E-state index contributed by atoms with van der Waals surface area (Å²) >= 11 is 0. The maximum absolute atomic E-state index is 13.2. The van der Waals surface area contributed by atoms with E-state index in [9.17, 15) is 4.79 Å². The van der Waals surface area contributed by atoms with Gasteiger partial charge in [0.05, 0.1) is 7.11 Å². The van der Waals surface area contributed by atoms with Gasteiger partial charge in [-0.1, -0.05) is 30.3 Å². The van der Waals surface area contributed by atoms with Crippen molar-refractivity contribution < 1.29 is 9.53 Å². The summed E-state index contributed by atoms with van der Waals surface area (Å²) in [7, 11) is 1.70. The Bertz CT molecular complexity index is 796. The van der Waals surface area contributed by atoms with Crippen LogP contribution in [-0.2, 0) is 17.8 Å². The third-order valence-electron chi connectivity index (χ3n) is 5.85. The lowest BCUT2D eigenvalue weighted by Gasteiger charge is -2.36. The van der Waals surface area contributed by atoms with Gasteiger partial charge in [0.2, 0.25) is 5.91 Å². The fourth-order valence-electron chi connectivity index (χ4n) is 4.35. The number of para-hydroxylation sites is 1. The van der Waals surface area contributed by atoms with E-state index in [2.05, 4.69) is 35.2 Å². The molecule has 2 aromatic carbocycles. The molecular formula is C23H28N2O2. The van der Waals surface area contributed by atoms with Gasteiger partial charge in [0.15, 0.2) is 0 Å². The van der Waals surface area contributed by atoms with Crippen LogP contribution in [0.1, 0.15) is 30.4 Å². The molecule has 0 bridgehead atoms. The predicted octanol–water partition coefficient (Wildman–Crippen LogP) is 3.89. The molecule has 0 atom stereocenters. The van der Waals surface area contributed by atoms with Gasteiger partial charge in [0, 0.05) is 24.7 Å². The zero-order valence-electron chi connectivity index (χ0n) is 16.1. The van der Waals surface area contributed by atoms with Crippen LogP contribution in [-0.4, -0.2) is 37.6 Å². The van der Waals surface area contributed by atoms with E-state index in [1.807, 2.05) is 23.1 Å². The van der Waals surface area contributed by atoms with Crippen LogP contribution in [0.15, 0.2) is 48.5 Å². The van der Waals surface area contributed by atoms with Crippen LogP contribution in [0.25, 0.3) is 0 Å². The van der Waals surface area contributed by atoms with Crippen LogP contribution in [0.4, 0.5) is 5.69 Å². The topological polar surface area (TPSA) is 32.8 Å². The molecular weight excluding hydrogens is 336 g/mol. The minimum atomic E-state index is 0.151. The number of carbonyl (C=O) groups excluding carboxylic acids is 1. The quantitative estimate of drug-likeness (QED) is 0.825. The molecule has 27 heavy (non-hydrogen) atoms. The standard InChI is InChI=1S/C23H28N2O2/c1-27-21-9-4-6-18(16-21)17-24-14-11-20(12-15-24)23(26)25-13-5-8-19-7-2-3-10-22(19)25/h2-4,6-7,9-10,16,20H,5,8,11-15,17H2,1H3. The summed E-state index contributed by atoms with van der Waals surface area (Å²) in [6, 6.07) is 16.6. The summed E-state index contributed by atoms with van der Waals surface area (Å²) in [6.45, 7) is 3.73. The number of likely N-dealkylation sites (tertiary alicyclic amines) is 1. The number of fused-ring (bicyclic) bond motifs is 1. The number of aryl methyl sites for hydroxylation is 1. The van der Waals surface area contributed by atoms with E-state index in [0.29, 0.717) is 5.91 Å². The normalized spacial score (nSPS) is 18.2. The van der Waals surface area contributed by atoms with Crippen LogP contribution >= 0.6 is 0 Å². The summed E-state index contributed by atoms with van der Waals surface area (Å²) in [5, 5.41) is 0. The average molecular weight is 364 g/mol. The molecule has 0 saturated carbocycles. The van der Waals surface area contributed by atoms with E-state index < -0.39 is 0 Å². The van der Waals surface area contributed by atoms with Crippen LogP contribution in [0.2, 0.25) is 0 Å². The van der Waals surface area contributed by atoms with Crippen LogP contribution in [0, 0.1) is 5.92 Å². The summed E-state index contributed by atoms with van der Waals surface area (Å²) < 4.78 is 5.32. The van der Waals surface area contributed by atoms with Crippen molar-refractivity contribution in [1.82, 2.24) is 4.90 Å². The Morgan fingerprint density at radius 1 is 1.07 bits per heavy atom. The fraction of sp³-hybridized carbons (Fsp3) is 0.435. The van der Waals surface area contributed by atoms with Crippen molar-refractivity contribution in [3.05, 3.63) is 59.7 Å². The first-order chi connectivity index (χ1) is 13.2. The van der Waals surface area contributed by atoms with Gasteiger partial charge >= 0.3 is 0 Å². The van der Waals surface area contributed by atoms with E-state index in [1.165, 1.54) is 11.1 Å². The molecule has 0 aliphatic carbocycles. The molecule has 0 N–H and O–H groups in total. The molecule has 2 heterocycles. The summed E-state index contributed by atoms with van der Waals surface area (Å²) in [4.78, 5) is 17.6. The van der Waals surface area contributed by atoms with E-state index >= 15 is 0 Å². The Kier molecular flexibility index (Phi) is 5.44. The van der Waals surface area contributed by atoms with Crippen molar-refractivity contribution in [1.29, 1.82) is 0 Å². The fourth-order valence-corrected chi connectivity index (χ4v) is 4.35. The number of methoxy groups -OCH3 is 1. The van der Waals surface area contributed by atoms with Gasteiger partial charge in [-0.2, -0.15) is 0 Å². The molecule has 1 fully saturated rings. The van der Waals surface area contributed by atoms with Gasteiger partial charge < -0.3 is 9.64 Å². The monoisotopic (exact) mass is 364 g/mol. The van der Waals surface area contributed by atoms with Crippen LogP contribution in [0.5, 0.6) is 5.75 Å². The third-order valence-corrected chi connectivity index (χ3v) is 5.85. The number of ether oxygens (including phenoxy) is 1.